The van der Waals surface area contributed by atoms with Gasteiger partial charge in [0.15, 0.2) is 5.82 Å². The number of aromatic nitrogens is 4. The van der Waals surface area contributed by atoms with Crippen LogP contribution in [0.1, 0.15) is 22.5 Å². The highest BCUT2D eigenvalue weighted by atomic mass is 32.1. The van der Waals surface area contributed by atoms with Gasteiger partial charge < -0.3 is 4.90 Å². The standard InChI is InChI=1S/C20H24N6S/c1-3-17-12-19(24-20(23-17)16-4-6-21-7-5-16)26-10-8-25(9-11-26)14-18-13-22-15(2)27-18/h4-7,12-13H,3,8-11,14H2,1-2H3. The van der Waals surface area contributed by atoms with Crippen LogP contribution in [-0.2, 0) is 13.0 Å². The number of rotatable bonds is 5. The number of thiazole rings is 1. The lowest BCUT2D eigenvalue weighted by Crippen LogP contribution is -2.46. The third kappa shape index (κ3) is 4.31. The Morgan fingerprint density at radius 2 is 1.85 bits per heavy atom. The maximum atomic E-state index is 4.85. The molecule has 1 saturated heterocycles. The Balaban J connectivity index is 1.47. The van der Waals surface area contributed by atoms with Crippen molar-refractivity contribution in [1.29, 1.82) is 0 Å². The van der Waals surface area contributed by atoms with Crippen molar-refractivity contribution in [1.82, 2.24) is 24.8 Å². The molecule has 6 nitrogen and oxygen atoms in total. The Bertz CT molecular complexity index is 886. The minimum atomic E-state index is 0.786. The molecule has 1 fully saturated rings. The molecule has 0 unspecified atom stereocenters. The monoisotopic (exact) mass is 380 g/mol. The number of aryl methyl sites for hydroxylation is 2. The number of hydrogen-bond acceptors (Lipinski definition) is 7. The molecule has 0 atom stereocenters. The van der Waals surface area contributed by atoms with Crippen LogP contribution < -0.4 is 4.90 Å². The Labute approximate surface area is 163 Å². The molecular formula is C20H24N6S. The van der Waals surface area contributed by atoms with Crippen LogP contribution in [0.4, 0.5) is 5.82 Å². The molecule has 0 saturated carbocycles. The summed E-state index contributed by atoms with van der Waals surface area (Å²) in [5.41, 5.74) is 2.09. The number of nitrogens with zero attached hydrogens (tertiary/aromatic N) is 6. The fraction of sp³-hybridized carbons (Fsp3) is 0.400. The zero-order valence-electron chi connectivity index (χ0n) is 15.8. The van der Waals surface area contributed by atoms with E-state index in [-0.39, 0.29) is 0 Å². The summed E-state index contributed by atoms with van der Waals surface area (Å²) in [5, 5.41) is 1.14. The van der Waals surface area contributed by atoms with E-state index in [1.165, 1.54) is 4.88 Å². The van der Waals surface area contributed by atoms with Gasteiger partial charge in [0.2, 0.25) is 0 Å². The molecule has 0 radical (unpaired) electrons. The van der Waals surface area contributed by atoms with Crippen LogP contribution >= 0.6 is 11.3 Å². The molecule has 0 spiro atoms. The molecule has 4 rings (SSSR count). The largest absolute Gasteiger partial charge is 0.354 e. The van der Waals surface area contributed by atoms with Crippen molar-refractivity contribution in [3.8, 4) is 11.4 Å². The van der Waals surface area contributed by atoms with Crippen molar-refractivity contribution >= 4 is 17.2 Å². The van der Waals surface area contributed by atoms with Crippen molar-refractivity contribution in [3.05, 3.63) is 52.4 Å². The molecule has 27 heavy (non-hydrogen) atoms. The lowest BCUT2D eigenvalue weighted by Gasteiger charge is -2.35. The molecule has 3 aromatic heterocycles. The fourth-order valence-corrected chi connectivity index (χ4v) is 4.13. The summed E-state index contributed by atoms with van der Waals surface area (Å²) in [6, 6.07) is 6.06. The lowest BCUT2D eigenvalue weighted by atomic mass is 10.2. The van der Waals surface area contributed by atoms with Gasteiger partial charge in [0.05, 0.1) is 5.01 Å². The molecule has 0 bridgehead atoms. The summed E-state index contributed by atoms with van der Waals surface area (Å²) >= 11 is 1.79. The topological polar surface area (TPSA) is 58.0 Å². The van der Waals surface area contributed by atoms with Gasteiger partial charge in [-0.1, -0.05) is 6.92 Å². The predicted molar refractivity (Wildman–Crippen MR) is 109 cm³/mol. The molecule has 3 aromatic rings. The van der Waals surface area contributed by atoms with Crippen molar-refractivity contribution in [2.24, 2.45) is 0 Å². The van der Waals surface area contributed by atoms with Crippen LogP contribution in [0.25, 0.3) is 11.4 Å². The Hall–Kier alpha value is -2.38. The predicted octanol–water partition coefficient (Wildman–Crippen LogP) is 3.19. The van der Waals surface area contributed by atoms with Gasteiger partial charge >= 0.3 is 0 Å². The molecule has 140 valence electrons. The van der Waals surface area contributed by atoms with Crippen LogP contribution in [0, 0.1) is 6.92 Å². The quantitative estimate of drug-likeness (QED) is 0.678. The third-order valence-electron chi connectivity index (χ3n) is 4.81. The van der Waals surface area contributed by atoms with Gasteiger partial charge in [0.25, 0.3) is 0 Å². The van der Waals surface area contributed by atoms with Gasteiger partial charge in [-0.3, -0.25) is 9.88 Å². The summed E-state index contributed by atoms with van der Waals surface area (Å²) in [6.07, 6.45) is 6.48. The summed E-state index contributed by atoms with van der Waals surface area (Å²) in [5.74, 6) is 1.82. The first-order valence-corrected chi connectivity index (χ1v) is 10.2. The van der Waals surface area contributed by atoms with Crippen LogP contribution in [0.3, 0.4) is 0 Å². The van der Waals surface area contributed by atoms with Crippen LogP contribution in [-0.4, -0.2) is 51.0 Å². The first kappa shape index (κ1) is 18.0. The van der Waals surface area contributed by atoms with Crippen LogP contribution in [0.2, 0.25) is 0 Å². The van der Waals surface area contributed by atoms with Crippen LogP contribution in [0.5, 0.6) is 0 Å². The van der Waals surface area contributed by atoms with Crippen molar-refractivity contribution in [3.63, 3.8) is 0 Å². The highest BCUT2D eigenvalue weighted by Crippen LogP contribution is 2.22. The highest BCUT2D eigenvalue weighted by molar-refractivity contribution is 7.11. The molecule has 0 N–H and O–H groups in total. The van der Waals surface area contributed by atoms with E-state index in [9.17, 15) is 0 Å². The van der Waals surface area contributed by atoms with Crippen molar-refractivity contribution < 1.29 is 0 Å². The maximum Gasteiger partial charge on any atom is 0.161 e. The molecule has 1 aliphatic rings. The Kier molecular flexibility index (Phi) is 5.40. The molecular weight excluding hydrogens is 356 g/mol. The third-order valence-corrected chi connectivity index (χ3v) is 5.71. The normalized spacial score (nSPS) is 15.3. The minimum Gasteiger partial charge on any atom is -0.354 e. The van der Waals surface area contributed by atoms with Gasteiger partial charge in [-0.25, -0.2) is 15.0 Å². The zero-order chi connectivity index (χ0) is 18.6. The minimum absolute atomic E-state index is 0.786. The average Bonchev–Trinajstić information content (AvgIpc) is 3.13. The average molecular weight is 381 g/mol. The van der Waals surface area contributed by atoms with E-state index >= 15 is 0 Å². The zero-order valence-corrected chi connectivity index (χ0v) is 16.6. The van der Waals surface area contributed by atoms with Crippen molar-refractivity contribution in [2.45, 2.75) is 26.8 Å². The summed E-state index contributed by atoms with van der Waals surface area (Å²) in [6.45, 7) is 9.22. The lowest BCUT2D eigenvalue weighted by molar-refractivity contribution is 0.251. The SMILES string of the molecule is CCc1cc(N2CCN(Cc3cnc(C)s3)CC2)nc(-c2ccncc2)n1. The van der Waals surface area contributed by atoms with E-state index in [0.717, 1.165) is 67.1 Å². The second-order valence-electron chi connectivity index (χ2n) is 6.74. The van der Waals surface area contributed by atoms with Gasteiger partial charge in [-0.15, -0.1) is 11.3 Å². The molecule has 0 amide bonds. The van der Waals surface area contributed by atoms with E-state index in [2.05, 4.69) is 39.7 Å². The molecule has 1 aliphatic heterocycles. The molecule has 4 heterocycles. The molecule has 7 heteroatoms. The summed E-state index contributed by atoms with van der Waals surface area (Å²) < 4.78 is 0. The van der Waals surface area contributed by atoms with Gasteiger partial charge in [0.1, 0.15) is 5.82 Å². The van der Waals surface area contributed by atoms with Crippen LogP contribution in [0.15, 0.2) is 36.8 Å². The molecule has 0 aromatic carbocycles. The second kappa shape index (κ2) is 8.10. The fourth-order valence-electron chi connectivity index (χ4n) is 3.29. The Morgan fingerprint density at radius 1 is 1.07 bits per heavy atom. The second-order valence-corrected chi connectivity index (χ2v) is 8.06. The maximum absolute atomic E-state index is 4.85. The van der Waals surface area contributed by atoms with E-state index in [0.29, 0.717) is 0 Å². The van der Waals surface area contributed by atoms with Gasteiger partial charge in [-0.2, -0.15) is 0 Å². The van der Waals surface area contributed by atoms with E-state index in [1.807, 2.05) is 18.3 Å². The van der Waals surface area contributed by atoms with E-state index < -0.39 is 0 Å². The van der Waals surface area contributed by atoms with E-state index in [1.54, 1.807) is 23.7 Å². The molecule has 0 aliphatic carbocycles. The van der Waals surface area contributed by atoms with Crippen molar-refractivity contribution in [2.75, 3.05) is 31.1 Å². The number of anilines is 1. The van der Waals surface area contributed by atoms with E-state index in [4.69, 9.17) is 9.97 Å². The Morgan fingerprint density at radius 3 is 2.52 bits per heavy atom. The first-order valence-electron chi connectivity index (χ1n) is 9.38. The van der Waals surface area contributed by atoms with Gasteiger partial charge in [-0.05, 0) is 25.5 Å². The highest BCUT2D eigenvalue weighted by Gasteiger charge is 2.20. The summed E-state index contributed by atoms with van der Waals surface area (Å²) in [4.78, 5) is 24.2. The number of hydrogen-bond donors (Lipinski definition) is 0. The first-order chi connectivity index (χ1) is 13.2. The van der Waals surface area contributed by atoms with Gasteiger partial charge in [0, 0.05) is 73.5 Å². The summed E-state index contributed by atoms with van der Waals surface area (Å²) in [7, 11) is 0. The smallest absolute Gasteiger partial charge is 0.161 e. The number of piperazine rings is 1. The number of pyridine rings is 1.